The molecule has 0 aliphatic carbocycles. The molecule has 0 saturated heterocycles. The number of rotatable bonds is 12. The molecule has 0 unspecified atom stereocenters. The van der Waals surface area contributed by atoms with Gasteiger partial charge in [-0.05, 0) is 74.7 Å². The predicted octanol–water partition coefficient (Wildman–Crippen LogP) is 0.948. The van der Waals surface area contributed by atoms with Crippen LogP contribution >= 0.6 is 0 Å². The molecule has 0 aromatic heterocycles. The minimum Gasteiger partial charge on any atom is -0.480 e. The number of hydroxylamine groups is 1. The van der Waals surface area contributed by atoms with Gasteiger partial charge in [-0.3, -0.25) is 19.6 Å². The number of hydrogen-bond acceptors (Lipinski definition) is 7. The molecule has 11 heteroatoms. The molecule has 0 saturated carbocycles. The molecule has 3 amide bonds. The van der Waals surface area contributed by atoms with Crippen LogP contribution in [0.15, 0.2) is 48.5 Å². The summed E-state index contributed by atoms with van der Waals surface area (Å²) in [6, 6.07) is 11.0. The van der Waals surface area contributed by atoms with Gasteiger partial charge >= 0.3 is 5.97 Å². The van der Waals surface area contributed by atoms with E-state index in [-0.39, 0.29) is 25.3 Å². The molecule has 2 aromatic carbocycles. The molecule has 11 nitrogen and oxygen atoms in total. The number of benzene rings is 2. The zero-order chi connectivity index (χ0) is 28.1. The minimum atomic E-state index is -1.32. The second-order valence-corrected chi connectivity index (χ2v) is 8.61. The van der Waals surface area contributed by atoms with Crippen molar-refractivity contribution in [2.24, 2.45) is 5.73 Å². The maximum atomic E-state index is 12.3. The Morgan fingerprint density at radius 1 is 0.923 bits per heavy atom. The number of nitrogens with one attached hydrogen (secondary N) is 3. The van der Waals surface area contributed by atoms with Gasteiger partial charge in [-0.15, -0.1) is 0 Å². The van der Waals surface area contributed by atoms with Crippen LogP contribution in [0.3, 0.4) is 0 Å². The Hall–Kier alpha value is -4.24. The number of unbranched alkanes of at least 4 members (excludes halogenated alkanes) is 1. The van der Waals surface area contributed by atoms with E-state index in [1.807, 2.05) is 0 Å². The van der Waals surface area contributed by atoms with E-state index in [1.54, 1.807) is 36.4 Å². The standard InChI is InChI=1S/C27H32N4O7.CH4/c1-17(32)24(26(35)31-38)30-25(34)21-13-11-19(12-14-21)6-5-18-7-9-20(10-8-18)16-23(33)29-22(27(36)37)4-2-3-15-28;/h7-14,17,22,24,32,38H,2-4,15-16,28H2,1H3,(H,29,33)(H,30,34)(H,31,35)(H,36,37);1H4/t17-,22+,24+;/m1./s1. The van der Waals surface area contributed by atoms with E-state index in [0.29, 0.717) is 42.5 Å². The van der Waals surface area contributed by atoms with Gasteiger partial charge in [0.15, 0.2) is 0 Å². The first-order valence-corrected chi connectivity index (χ1v) is 12.0. The van der Waals surface area contributed by atoms with Gasteiger partial charge in [0.2, 0.25) is 5.91 Å². The van der Waals surface area contributed by atoms with E-state index in [4.69, 9.17) is 10.9 Å². The first-order chi connectivity index (χ1) is 18.1. The zero-order valence-electron chi connectivity index (χ0n) is 20.9. The molecule has 0 radical (unpaired) electrons. The van der Waals surface area contributed by atoms with Gasteiger partial charge in [-0.2, -0.15) is 0 Å². The molecule has 0 aliphatic rings. The first-order valence-electron chi connectivity index (χ1n) is 12.0. The SMILES string of the molecule is C.C[C@@H](O)[C@H](NC(=O)c1ccc(C#Cc2ccc(CC(=O)N[C@@H](CCCCN)C(=O)O)cc2)cc1)C(=O)NO. The van der Waals surface area contributed by atoms with Gasteiger partial charge in [-0.25, -0.2) is 10.3 Å². The number of aliphatic hydroxyl groups excluding tert-OH is 1. The Kier molecular flexibility index (Phi) is 13.9. The van der Waals surface area contributed by atoms with Crippen LogP contribution in [0.5, 0.6) is 0 Å². The lowest BCUT2D eigenvalue weighted by Crippen LogP contribution is -2.51. The molecule has 2 aromatic rings. The Morgan fingerprint density at radius 2 is 1.49 bits per heavy atom. The van der Waals surface area contributed by atoms with Crippen molar-refractivity contribution in [2.75, 3.05) is 6.54 Å². The van der Waals surface area contributed by atoms with Crippen molar-refractivity contribution in [3.05, 3.63) is 70.8 Å². The lowest BCUT2D eigenvalue weighted by atomic mass is 10.1. The summed E-state index contributed by atoms with van der Waals surface area (Å²) in [6.07, 6.45) is 0.446. The summed E-state index contributed by atoms with van der Waals surface area (Å²) in [4.78, 5) is 47.6. The Labute approximate surface area is 227 Å². The highest BCUT2D eigenvalue weighted by Gasteiger charge is 2.25. The van der Waals surface area contributed by atoms with Crippen molar-refractivity contribution < 1.29 is 34.6 Å². The normalized spacial score (nSPS) is 12.4. The number of carbonyl (C=O) groups excluding carboxylic acids is 3. The summed E-state index contributed by atoms with van der Waals surface area (Å²) in [5.41, 5.74) is 9.09. The second-order valence-electron chi connectivity index (χ2n) is 8.61. The maximum absolute atomic E-state index is 12.3. The highest BCUT2D eigenvalue weighted by atomic mass is 16.5. The van der Waals surface area contributed by atoms with Crippen molar-refractivity contribution in [1.29, 1.82) is 0 Å². The van der Waals surface area contributed by atoms with E-state index in [9.17, 15) is 29.4 Å². The summed E-state index contributed by atoms with van der Waals surface area (Å²) >= 11 is 0. The minimum absolute atomic E-state index is 0. The van der Waals surface area contributed by atoms with E-state index < -0.39 is 36.0 Å². The monoisotopic (exact) mass is 540 g/mol. The quantitative estimate of drug-likeness (QED) is 0.0895. The predicted molar refractivity (Wildman–Crippen MR) is 145 cm³/mol. The van der Waals surface area contributed by atoms with Crippen LogP contribution in [0.2, 0.25) is 0 Å². The highest BCUT2D eigenvalue weighted by Crippen LogP contribution is 2.08. The van der Waals surface area contributed by atoms with E-state index >= 15 is 0 Å². The van der Waals surface area contributed by atoms with Crippen molar-refractivity contribution >= 4 is 23.7 Å². The molecule has 2 rings (SSSR count). The molecule has 39 heavy (non-hydrogen) atoms. The van der Waals surface area contributed by atoms with Crippen molar-refractivity contribution in [3.8, 4) is 11.8 Å². The third-order valence-corrected chi connectivity index (χ3v) is 5.56. The third-order valence-electron chi connectivity index (χ3n) is 5.56. The zero-order valence-corrected chi connectivity index (χ0v) is 20.9. The number of aliphatic hydroxyl groups is 1. The Morgan fingerprint density at radius 3 is 1.97 bits per heavy atom. The van der Waals surface area contributed by atoms with Crippen LogP contribution in [-0.2, 0) is 20.8 Å². The van der Waals surface area contributed by atoms with Gasteiger partial charge < -0.3 is 26.6 Å². The van der Waals surface area contributed by atoms with Crippen molar-refractivity contribution in [3.63, 3.8) is 0 Å². The summed E-state index contributed by atoms with van der Waals surface area (Å²) in [5, 5.41) is 32.6. The van der Waals surface area contributed by atoms with Crippen LogP contribution in [0.1, 0.15) is 60.7 Å². The fourth-order valence-corrected chi connectivity index (χ4v) is 3.44. The number of hydrogen-bond donors (Lipinski definition) is 7. The number of carboxylic acid groups (broad SMARTS) is 1. The number of carbonyl (C=O) groups is 4. The molecular formula is C28H36N4O7. The van der Waals surface area contributed by atoms with Crippen LogP contribution in [0, 0.1) is 11.8 Å². The van der Waals surface area contributed by atoms with E-state index in [0.717, 1.165) is 0 Å². The maximum Gasteiger partial charge on any atom is 0.326 e. The van der Waals surface area contributed by atoms with Crippen LogP contribution < -0.4 is 21.8 Å². The van der Waals surface area contributed by atoms with Gasteiger partial charge in [0.05, 0.1) is 12.5 Å². The Balaban J connectivity index is 0.00000760. The van der Waals surface area contributed by atoms with Gasteiger partial charge in [0.1, 0.15) is 12.1 Å². The average molecular weight is 541 g/mol. The number of aliphatic carboxylic acids is 1. The van der Waals surface area contributed by atoms with E-state index in [2.05, 4.69) is 22.5 Å². The van der Waals surface area contributed by atoms with Gasteiger partial charge in [-0.1, -0.05) is 31.4 Å². The third kappa shape index (κ3) is 11.0. The average Bonchev–Trinajstić information content (AvgIpc) is 2.90. The molecule has 0 heterocycles. The smallest absolute Gasteiger partial charge is 0.326 e. The van der Waals surface area contributed by atoms with Crippen molar-refractivity contribution in [2.45, 2.75) is 58.2 Å². The van der Waals surface area contributed by atoms with Crippen molar-refractivity contribution in [1.82, 2.24) is 16.1 Å². The van der Waals surface area contributed by atoms with Crippen LogP contribution in [0.25, 0.3) is 0 Å². The topological polar surface area (TPSA) is 191 Å². The molecule has 0 spiro atoms. The summed E-state index contributed by atoms with van der Waals surface area (Å²) in [6.45, 7) is 1.78. The molecule has 210 valence electrons. The van der Waals surface area contributed by atoms with Crippen LogP contribution in [0.4, 0.5) is 0 Å². The molecule has 0 fully saturated rings. The van der Waals surface area contributed by atoms with E-state index in [1.165, 1.54) is 24.5 Å². The Bertz CT molecular complexity index is 1170. The molecule has 8 N–H and O–H groups in total. The molecular weight excluding hydrogens is 504 g/mol. The van der Waals surface area contributed by atoms with Gasteiger partial charge in [0, 0.05) is 16.7 Å². The number of nitrogens with two attached hydrogens (primary N) is 1. The lowest BCUT2D eigenvalue weighted by Gasteiger charge is -2.19. The largest absolute Gasteiger partial charge is 0.480 e. The molecule has 3 atom stereocenters. The summed E-state index contributed by atoms with van der Waals surface area (Å²) in [7, 11) is 0. The highest BCUT2D eigenvalue weighted by molar-refractivity contribution is 5.97. The lowest BCUT2D eigenvalue weighted by molar-refractivity contribution is -0.142. The van der Waals surface area contributed by atoms with Crippen LogP contribution in [-0.4, -0.2) is 63.8 Å². The summed E-state index contributed by atoms with van der Waals surface area (Å²) in [5.74, 6) is 2.94. The van der Waals surface area contributed by atoms with Gasteiger partial charge in [0.25, 0.3) is 11.8 Å². The number of amides is 3. The second kappa shape index (κ2) is 16.6. The molecule has 0 aliphatic heterocycles. The number of carboxylic acids is 1. The molecule has 0 bridgehead atoms. The first kappa shape index (κ1) is 32.8. The fourth-order valence-electron chi connectivity index (χ4n) is 3.44. The fraction of sp³-hybridized carbons (Fsp3) is 0.357. The summed E-state index contributed by atoms with van der Waals surface area (Å²) < 4.78 is 0.